The molecule has 1 aliphatic rings. The van der Waals surface area contributed by atoms with Gasteiger partial charge in [0.2, 0.25) is 5.91 Å². The smallest absolute Gasteiger partial charge is 0.228 e. The maximum atomic E-state index is 12.2. The van der Waals surface area contributed by atoms with Gasteiger partial charge in [0.1, 0.15) is 6.07 Å². The number of hydrogen-bond acceptors (Lipinski definition) is 3. The van der Waals surface area contributed by atoms with Crippen LogP contribution in [0.5, 0.6) is 0 Å². The van der Waals surface area contributed by atoms with Gasteiger partial charge in [0, 0.05) is 19.5 Å². The van der Waals surface area contributed by atoms with Gasteiger partial charge in [0.25, 0.3) is 0 Å². The number of para-hydroxylation sites is 1. The lowest BCUT2D eigenvalue weighted by molar-refractivity contribution is -0.118. The minimum Gasteiger partial charge on any atom is -0.316 e. The van der Waals surface area contributed by atoms with Crippen molar-refractivity contribution in [2.24, 2.45) is 5.92 Å². The Morgan fingerprint density at radius 3 is 3.00 bits per heavy atom. The first-order chi connectivity index (χ1) is 8.72. The SMILES string of the molecule is CC1CNCCC(=O)N(c2ccccc2C#N)C1. The molecular formula is C14H17N3O. The number of anilines is 1. The van der Waals surface area contributed by atoms with Gasteiger partial charge in [-0.25, -0.2) is 0 Å². The number of carbonyl (C=O) groups is 1. The third kappa shape index (κ3) is 2.69. The van der Waals surface area contributed by atoms with Crippen molar-refractivity contribution in [2.45, 2.75) is 13.3 Å². The van der Waals surface area contributed by atoms with Crippen LogP contribution in [0, 0.1) is 17.2 Å². The van der Waals surface area contributed by atoms with Crippen LogP contribution in [-0.2, 0) is 4.79 Å². The number of rotatable bonds is 1. The van der Waals surface area contributed by atoms with Gasteiger partial charge in [-0.15, -0.1) is 0 Å². The Morgan fingerprint density at radius 1 is 1.44 bits per heavy atom. The highest BCUT2D eigenvalue weighted by Gasteiger charge is 2.22. The number of benzene rings is 1. The van der Waals surface area contributed by atoms with Crippen LogP contribution in [0.4, 0.5) is 5.69 Å². The van der Waals surface area contributed by atoms with Crippen molar-refractivity contribution >= 4 is 11.6 Å². The maximum Gasteiger partial charge on any atom is 0.228 e. The number of hydrogen-bond donors (Lipinski definition) is 1. The van der Waals surface area contributed by atoms with Crippen molar-refractivity contribution in [1.82, 2.24) is 5.32 Å². The van der Waals surface area contributed by atoms with E-state index in [0.29, 0.717) is 31.0 Å². The fraction of sp³-hybridized carbons (Fsp3) is 0.429. The Bertz CT molecular complexity index is 478. The lowest BCUT2D eigenvalue weighted by Gasteiger charge is -2.29. The molecule has 18 heavy (non-hydrogen) atoms. The molecule has 1 N–H and O–H groups in total. The molecule has 0 saturated carbocycles. The number of carbonyl (C=O) groups excluding carboxylic acids is 1. The maximum absolute atomic E-state index is 12.2. The van der Waals surface area contributed by atoms with Crippen LogP contribution in [-0.4, -0.2) is 25.5 Å². The molecule has 4 nitrogen and oxygen atoms in total. The Kier molecular flexibility index (Phi) is 3.96. The summed E-state index contributed by atoms with van der Waals surface area (Å²) in [5.74, 6) is 0.456. The molecule has 1 heterocycles. The molecule has 1 aromatic rings. The molecule has 2 rings (SSSR count). The van der Waals surface area contributed by atoms with E-state index in [0.717, 1.165) is 12.2 Å². The van der Waals surface area contributed by atoms with E-state index >= 15 is 0 Å². The number of amides is 1. The summed E-state index contributed by atoms with van der Waals surface area (Å²) in [6.45, 7) is 4.37. The van der Waals surface area contributed by atoms with Crippen LogP contribution in [0.15, 0.2) is 24.3 Å². The first-order valence-electron chi connectivity index (χ1n) is 6.22. The molecular weight excluding hydrogens is 226 g/mol. The summed E-state index contributed by atoms with van der Waals surface area (Å²) < 4.78 is 0. The Morgan fingerprint density at radius 2 is 2.22 bits per heavy atom. The van der Waals surface area contributed by atoms with Crippen molar-refractivity contribution in [3.8, 4) is 6.07 Å². The first kappa shape index (κ1) is 12.6. The lowest BCUT2D eigenvalue weighted by Crippen LogP contribution is -2.42. The Hall–Kier alpha value is -1.86. The number of nitrogens with one attached hydrogen (secondary N) is 1. The Labute approximate surface area is 107 Å². The fourth-order valence-corrected chi connectivity index (χ4v) is 2.19. The van der Waals surface area contributed by atoms with Gasteiger partial charge in [-0.1, -0.05) is 19.1 Å². The second-order valence-corrected chi connectivity index (χ2v) is 4.69. The molecule has 1 atom stereocenters. The standard InChI is InChI=1S/C14H17N3O/c1-11-9-16-7-6-14(18)17(10-11)13-5-3-2-4-12(13)8-15/h2-5,11,16H,6-7,9-10H2,1H3. The quantitative estimate of drug-likeness (QED) is 0.813. The summed E-state index contributed by atoms with van der Waals surface area (Å²) in [6, 6.07) is 9.44. The van der Waals surface area contributed by atoms with Crippen LogP contribution in [0.1, 0.15) is 18.9 Å². The van der Waals surface area contributed by atoms with Gasteiger partial charge < -0.3 is 10.2 Å². The zero-order chi connectivity index (χ0) is 13.0. The van der Waals surface area contributed by atoms with Crippen LogP contribution in [0.25, 0.3) is 0 Å². The second kappa shape index (κ2) is 5.65. The van der Waals surface area contributed by atoms with Crippen molar-refractivity contribution in [3.63, 3.8) is 0 Å². The molecule has 1 aromatic carbocycles. The molecule has 1 aliphatic heterocycles. The second-order valence-electron chi connectivity index (χ2n) is 4.69. The zero-order valence-corrected chi connectivity index (χ0v) is 10.5. The van der Waals surface area contributed by atoms with Crippen LogP contribution in [0.3, 0.4) is 0 Å². The van der Waals surface area contributed by atoms with Crippen LogP contribution in [0.2, 0.25) is 0 Å². The fourth-order valence-electron chi connectivity index (χ4n) is 2.19. The summed E-state index contributed by atoms with van der Waals surface area (Å²) in [5.41, 5.74) is 1.30. The first-order valence-corrected chi connectivity index (χ1v) is 6.22. The zero-order valence-electron chi connectivity index (χ0n) is 10.5. The predicted molar refractivity (Wildman–Crippen MR) is 70.2 cm³/mol. The summed E-state index contributed by atoms with van der Waals surface area (Å²) >= 11 is 0. The van der Waals surface area contributed by atoms with E-state index in [1.807, 2.05) is 18.2 Å². The van der Waals surface area contributed by atoms with E-state index in [9.17, 15) is 4.79 Å². The van der Waals surface area contributed by atoms with E-state index in [1.165, 1.54) is 0 Å². The summed E-state index contributed by atoms with van der Waals surface area (Å²) in [6.07, 6.45) is 0.479. The lowest BCUT2D eigenvalue weighted by atomic mass is 10.1. The molecule has 0 spiro atoms. The highest BCUT2D eigenvalue weighted by atomic mass is 16.2. The molecule has 1 amide bonds. The average Bonchev–Trinajstić information content (AvgIpc) is 2.39. The molecule has 0 aromatic heterocycles. The summed E-state index contributed by atoms with van der Waals surface area (Å²) in [4.78, 5) is 13.9. The highest BCUT2D eigenvalue weighted by Crippen LogP contribution is 2.22. The largest absolute Gasteiger partial charge is 0.316 e. The molecule has 4 heteroatoms. The van der Waals surface area contributed by atoms with E-state index < -0.39 is 0 Å². The van der Waals surface area contributed by atoms with Gasteiger partial charge in [0.05, 0.1) is 11.3 Å². The molecule has 94 valence electrons. The van der Waals surface area contributed by atoms with E-state index in [1.54, 1.807) is 11.0 Å². The molecule has 1 fully saturated rings. The third-order valence-corrected chi connectivity index (χ3v) is 3.12. The number of nitriles is 1. The van der Waals surface area contributed by atoms with Gasteiger partial charge >= 0.3 is 0 Å². The minimum atomic E-state index is 0.0803. The summed E-state index contributed by atoms with van der Waals surface area (Å²) in [5, 5.41) is 12.4. The van der Waals surface area contributed by atoms with Gasteiger partial charge in [-0.05, 0) is 24.6 Å². The molecule has 1 saturated heterocycles. The third-order valence-electron chi connectivity index (χ3n) is 3.12. The van der Waals surface area contributed by atoms with Crippen molar-refractivity contribution in [2.75, 3.05) is 24.5 Å². The molecule has 1 unspecified atom stereocenters. The predicted octanol–water partition coefficient (Wildman–Crippen LogP) is 1.52. The highest BCUT2D eigenvalue weighted by molar-refractivity contribution is 5.94. The molecule has 0 radical (unpaired) electrons. The average molecular weight is 243 g/mol. The Balaban J connectivity index is 2.33. The van der Waals surface area contributed by atoms with Crippen LogP contribution >= 0.6 is 0 Å². The van der Waals surface area contributed by atoms with Crippen LogP contribution < -0.4 is 10.2 Å². The van der Waals surface area contributed by atoms with E-state index in [2.05, 4.69) is 18.3 Å². The number of nitrogens with zero attached hydrogens (tertiary/aromatic N) is 2. The minimum absolute atomic E-state index is 0.0803. The topological polar surface area (TPSA) is 56.1 Å². The summed E-state index contributed by atoms with van der Waals surface area (Å²) in [7, 11) is 0. The van der Waals surface area contributed by atoms with Crippen molar-refractivity contribution in [3.05, 3.63) is 29.8 Å². The van der Waals surface area contributed by atoms with Gasteiger partial charge in [0.15, 0.2) is 0 Å². The van der Waals surface area contributed by atoms with Gasteiger partial charge in [-0.2, -0.15) is 5.26 Å². The molecule has 0 bridgehead atoms. The monoisotopic (exact) mass is 243 g/mol. The van der Waals surface area contributed by atoms with E-state index in [-0.39, 0.29) is 5.91 Å². The van der Waals surface area contributed by atoms with Crippen molar-refractivity contribution in [1.29, 1.82) is 5.26 Å². The van der Waals surface area contributed by atoms with E-state index in [4.69, 9.17) is 5.26 Å². The van der Waals surface area contributed by atoms with Crippen molar-refractivity contribution < 1.29 is 4.79 Å². The molecule has 0 aliphatic carbocycles. The van der Waals surface area contributed by atoms with Gasteiger partial charge in [-0.3, -0.25) is 4.79 Å². The normalized spacial score (nSPS) is 21.0.